The zero-order chi connectivity index (χ0) is 25.9. The molecule has 6 nitrogen and oxygen atoms in total. The summed E-state index contributed by atoms with van der Waals surface area (Å²) >= 11 is 0. The number of rotatable bonds is 15. The molecule has 0 spiro atoms. The average molecular weight is 476 g/mol. The lowest BCUT2D eigenvalue weighted by molar-refractivity contribution is -0.142. The van der Waals surface area contributed by atoms with Gasteiger partial charge in [0.05, 0.1) is 18.3 Å². The summed E-state index contributed by atoms with van der Waals surface area (Å²) in [4.78, 5) is 17.0. The van der Waals surface area contributed by atoms with Crippen LogP contribution >= 0.6 is 0 Å². The molecule has 0 aliphatic carbocycles. The van der Waals surface area contributed by atoms with Crippen molar-refractivity contribution in [1.82, 2.24) is 4.98 Å². The third-order valence-corrected chi connectivity index (χ3v) is 6.90. The molecule has 0 aromatic carbocycles. The highest BCUT2D eigenvalue weighted by molar-refractivity contribution is 5.87. The van der Waals surface area contributed by atoms with Crippen molar-refractivity contribution in [1.29, 1.82) is 0 Å². The van der Waals surface area contributed by atoms with Gasteiger partial charge in [-0.1, -0.05) is 51.5 Å². The van der Waals surface area contributed by atoms with Gasteiger partial charge in [-0.05, 0) is 69.1 Å². The van der Waals surface area contributed by atoms with Crippen LogP contribution in [-0.4, -0.2) is 56.1 Å². The highest BCUT2D eigenvalue weighted by Gasteiger charge is 2.40. The Labute approximate surface area is 205 Å². The van der Waals surface area contributed by atoms with E-state index in [2.05, 4.69) is 11.1 Å². The Morgan fingerprint density at radius 2 is 1.82 bits per heavy atom. The summed E-state index contributed by atoms with van der Waals surface area (Å²) in [6, 6.07) is 3.82. The molecular formula is C28H45NO5. The quantitative estimate of drug-likeness (QED) is 0.281. The molecule has 0 saturated carbocycles. The molecule has 1 aromatic rings. The minimum atomic E-state index is -1.02. The largest absolute Gasteiger partial charge is 0.396 e. The topological polar surface area (TPSA) is 111 Å². The first-order valence-corrected chi connectivity index (χ1v) is 12.3. The van der Waals surface area contributed by atoms with Crippen LogP contribution in [0.2, 0.25) is 0 Å². The number of Topliss-reactive ketones (excluding diaryl/α,β-unsaturated/α-hetero) is 1. The van der Waals surface area contributed by atoms with Crippen LogP contribution in [0.3, 0.4) is 0 Å². The van der Waals surface area contributed by atoms with Gasteiger partial charge in [0.25, 0.3) is 0 Å². The van der Waals surface area contributed by atoms with E-state index in [0.29, 0.717) is 6.42 Å². The molecular weight excluding hydrogens is 430 g/mol. The summed E-state index contributed by atoms with van der Waals surface area (Å²) in [6.45, 7) is 10.8. The molecule has 1 heterocycles. The van der Waals surface area contributed by atoms with Gasteiger partial charge in [-0.2, -0.15) is 0 Å². The van der Waals surface area contributed by atoms with Gasteiger partial charge < -0.3 is 20.4 Å². The number of carbonyl (C=O) groups excluding carboxylic acids is 1. The number of allylic oxidation sites excluding steroid dienone is 1. The fourth-order valence-electron chi connectivity index (χ4n) is 4.18. The van der Waals surface area contributed by atoms with Crippen LogP contribution in [0.1, 0.15) is 79.2 Å². The zero-order valence-corrected chi connectivity index (χ0v) is 21.7. The first-order chi connectivity index (χ1) is 15.9. The van der Waals surface area contributed by atoms with Crippen LogP contribution in [0.4, 0.5) is 0 Å². The molecule has 192 valence electrons. The lowest BCUT2D eigenvalue weighted by atomic mass is 9.73. The number of carbonyl (C=O) groups is 1. The smallest absolute Gasteiger partial charge is 0.146 e. The van der Waals surface area contributed by atoms with E-state index in [-0.39, 0.29) is 24.7 Å². The molecule has 0 saturated heterocycles. The number of hydrogen-bond acceptors (Lipinski definition) is 6. The van der Waals surface area contributed by atoms with Gasteiger partial charge in [0.15, 0.2) is 0 Å². The highest BCUT2D eigenvalue weighted by atomic mass is 16.3. The Morgan fingerprint density at radius 1 is 1.15 bits per heavy atom. The van der Waals surface area contributed by atoms with Crippen LogP contribution in [0.25, 0.3) is 6.08 Å². The van der Waals surface area contributed by atoms with Gasteiger partial charge >= 0.3 is 0 Å². The van der Waals surface area contributed by atoms with Gasteiger partial charge in [0, 0.05) is 30.3 Å². The van der Waals surface area contributed by atoms with E-state index in [9.17, 15) is 20.1 Å². The van der Waals surface area contributed by atoms with Crippen molar-refractivity contribution in [3.8, 4) is 0 Å². The first-order valence-electron chi connectivity index (χ1n) is 12.3. The molecule has 34 heavy (non-hydrogen) atoms. The van der Waals surface area contributed by atoms with Crippen LogP contribution < -0.4 is 0 Å². The van der Waals surface area contributed by atoms with E-state index in [1.807, 2.05) is 39.0 Å². The molecule has 0 fully saturated rings. The van der Waals surface area contributed by atoms with Gasteiger partial charge in [-0.25, -0.2) is 0 Å². The molecule has 6 heteroatoms. The number of aliphatic hydroxyl groups is 4. The summed E-state index contributed by atoms with van der Waals surface area (Å²) in [5.74, 6) is -0.847. The summed E-state index contributed by atoms with van der Waals surface area (Å²) in [7, 11) is 0. The normalized spacial score (nSPS) is 17.7. The lowest BCUT2D eigenvalue weighted by Crippen LogP contribution is -2.45. The predicted molar refractivity (Wildman–Crippen MR) is 137 cm³/mol. The highest BCUT2D eigenvalue weighted by Crippen LogP contribution is 2.31. The Bertz CT molecular complexity index is 802. The fourth-order valence-corrected chi connectivity index (χ4v) is 4.18. The Hall–Kier alpha value is -1.86. The second-order valence-corrected chi connectivity index (χ2v) is 10.2. The molecule has 0 aliphatic rings. The Morgan fingerprint density at radius 3 is 2.41 bits per heavy atom. The standard InChI is InChI=1S/C28H45NO5/c1-19(12-13-24(31)21(3)17-23-11-8-15-29-18-23)9-7-10-20(2)26(33)22(4)27(34)28(5,6)25(32)14-16-30/h8,11-12,15,17-18,20,22,24-26,30-33H,7,9-10,13-14,16H2,1-6H3/b19-12+,21-17+/t20-,22+,24-,25-,26-/m0/s1. The van der Waals surface area contributed by atoms with Crippen molar-refractivity contribution in [3.63, 3.8) is 0 Å². The molecule has 1 rings (SSSR count). The summed E-state index contributed by atoms with van der Waals surface area (Å²) in [6.07, 6.45) is 8.38. The molecule has 0 bridgehead atoms. The fraction of sp³-hybridized carbons (Fsp3) is 0.643. The van der Waals surface area contributed by atoms with Gasteiger partial charge in [0.2, 0.25) is 0 Å². The van der Waals surface area contributed by atoms with Crippen molar-refractivity contribution < 1.29 is 25.2 Å². The Kier molecular flexibility index (Phi) is 12.9. The van der Waals surface area contributed by atoms with Gasteiger partial charge in [-0.15, -0.1) is 0 Å². The number of ketones is 1. The maximum absolute atomic E-state index is 12.9. The number of hydrogen-bond donors (Lipinski definition) is 4. The maximum atomic E-state index is 12.9. The maximum Gasteiger partial charge on any atom is 0.146 e. The van der Waals surface area contributed by atoms with Crippen molar-refractivity contribution in [2.75, 3.05) is 6.61 Å². The van der Waals surface area contributed by atoms with Crippen LogP contribution in [0, 0.1) is 17.3 Å². The van der Waals surface area contributed by atoms with E-state index >= 15 is 0 Å². The molecule has 1 aromatic heterocycles. The van der Waals surface area contributed by atoms with Crippen molar-refractivity contribution in [3.05, 3.63) is 47.3 Å². The minimum absolute atomic E-state index is 0.0622. The van der Waals surface area contributed by atoms with E-state index in [1.165, 1.54) is 5.57 Å². The number of aromatic nitrogens is 1. The third kappa shape index (κ3) is 9.41. The first kappa shape index (κ1) is 30.2. The number of nitrogens with zero attached hydrogens (tertiary/aromatic N) is 1. The van der Waals surface area contributed by atoms with Crippen LogP contribution in [0.5, 0.6) is 0 Å². The zero-order valence-electron chi connectivity index (χ0n) is 21.7. The van der Waals surface area contributed by atoms with Crippen LogP contribution in [-0.2, 0) is 4.79 Å². The minimum Gasteiger partial charge on any atom is -0.396 e. The van der Waals surface area contributed by atoms with Crippen LogP contribution in [0.15, 0.2) is 41.7 Å². The summed E-state index contributed by atoms with van der Waals surface area (Å²) in [5, 5.41) is 40.5. The second kappa shape index (κ2) is 14.5. The van der Waals surface area contributed by atoms with E-state index in [1.54, 1.807) is 33.2 Å². The monoisotopic (exact) mass is 475 g/mol. The summed E-state index contributed by atoms with van der Waals surface area (Å²) in [5.41, 5.74) is 2.02. The predicted octanol–water partition coefficient (Wildman–Crippen LogP) is 4.32. The second-order valence-electron chi connectivity index (χ2n) is 10.2. The van der Waals surface area contributed by atoms with Gasteiger partial charge in [-0.3, -0.25) is 9.78 Å². The molecule has 0 aliphatic heterocycles. The van der Waals surface area contributed by atoms with E-state index in [0.717, 1.165) is 30.4 Å². The van der Waals surface area contributed by atoms with Crippen molar-refractivity contribution in [2.45, 2.75) is 92.0 Å². The van der Waals surface area contributed by atoms with E-state index in [4.69, 9.17) is 5.11 Å². The molecule has 5 atom stereocenters. The van der Waals surface area contributed by atoms with Crippen molar-refractivity contribution in [2.24, 2.45) is 17.3 Å². The lowest BCUT2D eigenvalue weighted by Gasteiger charge is -2.34. The molecule has 0 amide bonds. The molecule has 4 N–H and O–H groups in total. The number of aliphatic hydroxyl groups excluding tert-OH is 4. The summed E-state index contributed by atoms with van der Waals surface area (Å²) < 4.78 is 0. The Balaban J connectivity index is 2.52. The SMILES string of the molecule is C/C(=C\C[C@H](O)/C(C)=C/c1cccnc1)CCC[C@H](C)[C@H](O)[C@@H](C)C(=O)C(C)(C)[C@@H](O)CCO. The third-order valence-electron chi connectivity index (χ3n) is 6.90. The van der Waals surface area contributed by atoms with Gasteiger partial charge in [0.1, 0.15) is 5.78 Å². The molecule has 0 radical (unpaired) electrons. The average Bonchev–Trinajstić information content (AvgIpc) is 2.81. The van der Waals surface area contributed by atoms with E-state index < -0.39 is 29.6 Å². The molecule has 0 unspecified atom stereocenters. The van der Waals surface area contributed by atoms with Crippen molar-refractivity contribution >= 4 is 11.9 Å². The number of pyridine rings is 1.